The first-order chi connectivity index (χ1) is 6.27. The highest BCUT2D eigenvalue weighted by Crippen LogP contribution is 2.38. The maximum Gasteiger partial charge on any atom is 0.142 e. The van der Waals surface area contributed by atoms with Crippen LogP contribution in [0.25, 0.3) is 0 Å². The number of nitrogen functional groups attached to an aromatic ring is 1. The molecule has 1 aliphatic rings. The van der Waals surface area contributed by atoms with Crippen LogP contribution >= 0.6 is 0 Å². The van der Waals surface area contributed by atoms with Crippen molar-refractivity contribution in [3.8, 4) is 5.75 Å². The number of ether oxygens (including phenoxy) is 1. The first-order valence-corrected chi connectivity index (χ1v) is 4.74. The minimum absolute atomic E-state index is 0.732. The summed E-state index contributed by atoms with van der Waals surface area (Å²) in [6, 6.07) is 7.65. The molecule has 0 aromatic heterocycles. The molecular formula is C11H15NO. The molecule has 0 radical (unpaired) electrons. The van der Waals surface area contributed by atoms with Crippen LogP contribution in [0.15, 0.2) is 24.3 Å². The molecule has 1 aliphatic carbocycles. The van der Waals surface area contributed by atoms with Gasteiger partial charge in [-0.1, -0.05) is 19.1 Å². The van der Waals surface area contributed by atoms with E-state index in [-0.39, 0.29) is 0 Å². The van der Waals surface area contributed by atoms with Crippen molar-refractivity contribution >= 4 is 5.69 Å². The predicted octanol–water partition coefficient (Wildman–Crippen LogP) is 2.30. The van der Waals surface area contributed by atoms with Gasteiger partial charge in [0.25, 0.3) is 0 Å². The van der Waals surface area contributed by atoms with Crippen LogP contribution in [0.2, 0.25) is 0 Å². The Hall–Kier alpha value is -1.18. The maximum absolute atomic E-state index is 5.74. The molecule has 0 unspecified atom stereocenters. The number of benzene rings is 1. The van der Waals surface area contributed by atoms with E-state index >= 15 is 0 Å². The van der Waals surface area contributed by atoms with Gasteiger partial charge in [-0.25, -0.2) is 0 Å². The molecule has 2 nitrogen and oxygen atoms in total. The van der Waals surface area contributed by atoms with E-state index in [2.05, 4.69) is 6.92 Å². The third kappa shape index (κ3) is 1.94. The Morgan fingerprint density at radius 1 is 1.46 bits per heavy atom. The quantitative estimate of drug-likeness (QED) is 0.719. The largest absolute Gasteiger partial charge is 0.491 e. The van der Waals surface area contributed by atoms with E-state index in [1.165, 1.54) is 6.42 Å². The molecule has 1 aromatic rings. The zero-order chi connectivity index (χ0) is 9.26. The molecule has 0 bridgehead atoms. The van der Waals surface area contributed by atoms with E-state index in [0.29, 0.717) is 0 Å². The second kappa shape index (κ2) is 3.29. The Balaban J connectivity index is 1.90. The third-order valence-corrected chi connectivity index (χ3v) is 2.65. The molecule has 1 saturated carbocycles. The van der Waals surface area contributed by atoms with Gasteiger partial charge in [0.05, 0.1) is 12.3 Å². The van der Waals surface area contributed by atoms with Gasteiger partial charge in [0.15, 0.2) is 0 Å². The van der Waals surface area contributed by atoms with Crippen LogP contribution in [-0.2, 0) is 0 Å². The molecule has 2 atom stereocenters. The van der Waals surface area contributed by atoms with Gasteiger partial charge in [-0.2, -0.15) is 0 Å². The molecule has 2 rings (SSSR count). The van der Waals surface area contributed by atoms with Gasteiger partial charge in [0.2, 0.25) is 0 Å². The molecule has 0 aliphatic heterocycles. The summed E-state index contributed by atoms with van der Waals surface area (Å²) >= 11 is 0. The molecule has 13 heavy (non-hydrogen) atoms. The van der Waals surface area contributed by atoms with Gasteiger partial charge in [0.1, 0.15) is 5.75 Å². The highest BCUT2D eigenvalue weighted by atomic mass is 16.5. The Kier molecular flexibility index (Phi) is 2.13. The Bertz CT molecular complexity index is 298. The average molecular weight is 177 g/mol. The van der Waals surface area contributed by atoms with Gasteiger partial charge in [-0.05, 0) is 30.4 Å². The Morgan fingerprint density at radius 2 is 2.15 bits per heavy atom. The predicted molar refractivity (Wildman–Crippen MR) is 53.6 cm³/mol. The number of para-hydroxylation sites is 2. The van der Waals surface area contributed by atoms with E-state index in [1.54, 1.807) is 0 Å². The molecule has 2 heteroatoms. The maximum atomic E-state index is 5.74. The minimum Gasteiger partial charge on any atom is -0.491 e. The molecule has 0 amide bonds. The van der Waals surface area contributed by atoms with Crippen molar-refractivity contribution in [1.82, 2.24) is 0 Å². The normalized spacial score (nSPS) is 25.6. The van der Waals surface area contributed by atoms with Gasteiger partial charge >= 0.3 is 0 Å². The first-order valence-electron chi connectivity index (χ1n) is 4.74. The van der Waals surface area contributed by atoms with E-state index in [4.69, 9.17) is 10.5 Å². The van der Waals surface area contributed by atoms with Crippen LogP contribution in [0.1, 0.15) is 13.3 Å². The first kappa shape index (κ1) is 8.42. The van der Waals surface area contributed by atoms with Crippen molar-refractivity contribution in [3.05, 3.63) is 24.3 Å². The van der Waals surface area contributed by atoms with Crippen molar-refractivity contribution in [1.29, 1.82) is 0 Å². The van der Waals surface area contributed by atoms with E-state index < -0.39 is 0 Å². The van der Waals surface area contributed by atoms with Crippen LogP contribution in [0.5, 0.6) is 5.75 Å². The fraction of sp³-hybridized carbons (Fsp3) is 0.455. The lowest BCUT2D eigenvalue weighted by molar-refractivity contribution is 0.295. The molecule has 0 spiro atoms. The smallest absolute Gasteiger partial charge is 0.142 e. The molecule has 0 saturated heterocycles. The van der Waals surface area contributed by atoms with Crippen LogP contribution in [0.3, 0.4) is 0 Å². The molecule has 70 valence electrons. The molecule has 1 aromatic carbocycles. The average Bonchev–Trinajstić information content (AvgIpc) is 2.81. The summed E-state index contributed by atoms with van der Waals surface area (Å²) in [5, 5.41) is 0. The van der Waals surface area contributed by atoms with Gasteiger partial charge < -0.3 is 10.5 Å². The van der Waals surface area contributed by atoms with Crippen LogP contribution in [0.4, 0.5) is 5.69 Å². The standard InChI is InChI=1S/C11H15NO/c1-8-6-9(8)7-13-11-5-3-2-4-10(11)12/h2-5,8-9H,6-7,12H2,1H3/t8-,9-/m1/s1. The number of hydrogen-bond donors (Lipinski definition) is 1. The van der Waals surface area contributed by atoms with Crippen molar-refractivity contribution in [2.45, 2.75) is 13.3 Å². The molecule has 2 N–H and O–H groups in total. The van der Waals surface area contributed by atoms with Gasteiger partial charge in [0, 0.05) is 0 Å². The molecule has 1 fully saturated rings. The van der Waals surface area contributed by atoms with Gasteiger partial charge in [-0.3, -0.25) is 0 Å². The SMILES string of the molecule is C[C@@H]1C[C@@H]1COc1ccccc1N. The lowest BCUT2D eigenvalue weighted by Crippen LogP contribution is -2.02. The summed E-state index contributed by atoms with van der Waals surface area (Å²) in [7, 11) is 0. The summed E-state index contributed by atoms with van der Waals surface area (Å²) in [5.41, 5.74) is 6.47. The monoisotopic (exact) mass is 177 g/mol. The van der Waals surface area contributed by atoms with Gasteiger partial charge in [-0.15, -0.1) is 0 Å². The number of hydrogen-bond acceptors (Lipinski definition) is 2. The Morgan fingerprint density at radius 3 is 2.77 bits per heavy atom. The second-order valence-electron chi connectivity index (χ2n) is 3.82. The number of anilines is 1. The lowest BCUT2D eigenvalue weighted by atomic mass is 10.3. The highest BCUT2D eigenvalue weighted by molar-refractivity contribution is 5.51. The summed E-state index contributed by atoms with van der Waals surface area (Å²) in [4.78, 5) is 0. The minimum atomic E-state index is 0.732. The summed E-state index contributed by atoms with van der Waals surface area (Å²) in [6.07, 6.45) is 1.30. The zero-order valence-electron chi connectivity index (χ0n) is 7.86. The van der Waals surface area contributed by atoms with E-state index in [1.807, 2.05) is 24.3 Å². The van der Waals surface area contributed by atoms with Crippen LogP contribution in [0, 0.1) is 11.8 Å². The third-order valence-electron chi connectivity index (χ3n) is 2.65. The second-order valence-corrected chi connectivity index (χ2v) is 3.82. The van der Waals surface area contributed by atoms with Crippen LogP contribution < -0.4 is 10.5 Å². The fourth-order valence-electron chi connectivity index (χ4n) is 1.44. The summed E-state index contributed by atoms with van der Waals surface area (Å²) in [5.74, 6) is 2.41. The van der Waals surface area contributed by atoms with Crippen LogP contribution in [-0.4, -0.2) is 6.61 Å². The van der Waals surface area contributed by atoms with Crippen molar-refractivity contribution in [2.24, 2.45) is 11.8 Å². The topological polar surface area (TPSA) is 35.2 Å². The van der Waals surface area contributed by atoms with E-state index in [0.717, 1.165) is 29.9 Å². The zero-order valence-corrected chi connectivity index (χ0v) is 7.86. The Labute approximate surface area is 78.7 Å². The highest BCUT2D eigenvalue weighted by Gasteiger charge is 2.33. The van der Waals surface area contributed by atoms with Crippen molar-refractivity contribution < 1.29 is 4.74 Å². The van der Waals surface area contributed by atoms with Crippen molar-refractivity contribution in [3.63, 3.8) is 0 Å². The molecule has 0 heterocycles. The van der Waals surface area contributed by atoms with E-state index in [9.17, 15) is 0 Å². The number of rotatable bonds is 3. The lowest BCUT2D eigenvalue weighted by Gasteiger charge is -2.07. The summed E-state index contributed by atoms with van der Waals surface area (Å²) in [6.45, 7) is 3.07. The number of nitrogens with two attached hydrogens (primary N) is 1. The molecular weight excluding hydrogens is 162 g/mol. The summed E-state index contributed by atoms with van der Waals surface area (Å²) < 4.78 is 5.61. The fourth-order valence-corrected chi connectivity index (χ4v) is 1.44. The van der Waals surface area contributed by atoms with Crippen molar-refractivity contribution in [2.75, 3.05) is 12.3 Å².